The minimum Gasteiger partial charge on any atom is -0.497 e. The van der Waals surface area contributed by atoms with Gasteiger partial charge in [0.1, 0.15) is 24.1 Å². The molecule has 0 heterocycles. The number of hydrogen-bond donors (Lipinski definition) is 1. The maximum Gasteiger partial charge on any atom is 0.244 e. The zero-order valence-corrected chi connectivity index (χ0v) is 23.9. The first kappa shape index (κ1) is 30.2. The highest BCUT2D eigenvalue weighted by atomic mass is 35.5. The van der Waals surface area contributed by atoms with E-state index in [0.717, 1.165) is 10.6 Å². The largest absolute Gasteiger partial charge is 0.497 e. The van der Waals surface area contributed by atoms with Crippen LogP contribution in [0.25, 0.3) is 0 Å². The third kappa shape index (κ3) is 8.26. The van der Waals surface area contributed by atoms with Gasteiger partial charge >= 0.3 is 0 Å². The van der Waals surface area contributed by atoms with E-state index in [-0.39, 0.29) is 23.9 Å². The number of ether oxygens (including phenoxy) is 2. The Hall–Kier alpha value is -2.98. The number of halogens is 1. The molecular weight excluding hydrogens is 518 g/mol. The van der Waals surface area contributed by atoms with Crippen molar-refractivity contribution in [2.45, 2.75) is 52.2 Å². The van der Waals surface area contributed by atoms with Crippen LogP contribution < -0.4 is 19.1 Å². The minimum atomic E-state index is -3.94. The van der Waals surface area contributed by atoms with Gasteiger partial charge in [0, 0.05) is 23.2 Å². The average Bonchev–Trinajstić information content (AvgIpc) is 2.81. The van der Waals surface area contributed by atoms with Gasteiger partial charge in [-0.05, 0) is 51.0 Å². The van der Waals surface area contributed by atoms with Crippen molar-refractivity contribution in [2.24, 2.45) is 0 Å². The van der Waals surface area contributed by atoms with Crippen molar-refractivity contribution < 1.29 is 27.5 Å². The molecule has 2 rings (SSSR count). The van der Waals surface area contributed by atoms with E-state index < -0.39 is 34.1 Å². The lowest BCUT2D eigenvalue weighted by molar-refractivity contribution is -0.141. The molecule has 2 aromatic rings. The van der Waals surface area contributed by atoms with Gasteiger partial charge in [0.25, 0.3) is 0 Å². The van der Waals surface area contributed by atoms with Gasteiger partial charge in [-0.15, -0.1) is 0 Å². The third-order valence-corrected chi connectivity index (χ3v) is 7.01. The standard InChI is InChI=1S/C26H36ClN3O6S/c1-8-21(25(32)28-26(2,3)4)29(16-18-11-9-10-12-20(18)27)24(31)17-30(37(7,33)34)22-15-19(35-5)13-14-23(22)36-6/h9-15,21H,8,16-17H2,1-7H3,(H,28,32)/t21-/m0/s1. The second-order valence-electron chi connectivity index (χ2n) is 9.58. The number of amides is 2. The third-order valence-electron chi connectivity index (χ3n) is 5.52. The topological polar surface area (TPSA) is 105 Å². The molecule has 37 heavy (non-hydrogen) atoms. The fourth-order valence-electron chi connectivity index (χ4n) is 3.77. The highest BCUT2D eigenvalue weighted by Crippen LogP contribution is 2.34. The van der Waals surface area contributed by atoms with Crippen molar-refractivity contribution in [1.82, 2.24) is 10.2 Å². The molecule has 0 aliphatic heterocycles. The number of hydrogen-bond acceptors (Lipinski definition) is 6. The number of nitrogens with zero attached hydrogens (tertiary/aromatic N) is 2. The molecule has 0 aromatic heterocycles. The number of nitrogens with one attached hydrogen (secondary N) is 1. The summed E-state index contributed by atoms with van der Waals surface area (Å²) in [6, 6.07) is 10.8. The first-order chi connectivity index (χ1) is 17.2. The highest BCUT2D eigenvalue weighted by Gasteiger charge is 2.34. The van der Waals surface area contributed by atoms with Crippen molar-refractivity contribution in [1.29, 1.82) is 0 Å². The Labute approximate surface area is 224 Å². The number of anilines is 1. The van der Waals surface area contributed by atoms with E-state index in [0.29, 0.717) is 22.8 Å². The zero-order valence-electron chi connectivity index (χ0n) is 22.4. The van der Waals surface area contributed by atoms with E-state index in [1.807, 2.05) is 20.8 Å². The van der Waals surface area contributed by atoms with E-state index in [2.05, 4.69) is 5.32 Å². The van der Waals surface area contributed by atoms with Crippen LogP contribution in [0.3, 0.4) is 0 Å². The zero-order chi connectivity index (χ0) is 28.0. The quantitative estimate of drug-likeness (QED) is 0.453. The van der Waals surface area contributed by atoms with Crippen molar-refractivity contribution in [2.75, 3.05) is 31.3 Å². The average molecular weight is 554 g/mol. The van der Waals surface area contributed by atoms with E-state index in [4.69, 9.17) is 21.1 Å². The fourth-order valence-corrected chi connectivity index (χ4v) is 4.81. The summed E-state index contributed by atoms with van der Waals surface area (Å²) >= 11 is 6.38. The Morgan fingerprint density at radius 2 is 1.73 bits per heavy atom. The monoisotopic (exact) mass is 553 g/mol. The van der Waals surface area contributed by atoms with Crippen LogP contribution in [0.15, 0.2) is 42.5 Å². The first-order valence-electron chi connectivity index (χ1n) is 11.8. The molecule has 0 bridgehead atoms. The normalized spacial score (nSPS) is 12.4. The summed E-state index contributed by atoms with van der Waals surface area (Å²) in [6.45, 7) is 6.78. The van der Waals surface area contributed by atoms with Crippen molar-refractivity contribution in [3.8, 4) is 11.5 Å². The van der Waals surface area contributed by atoms with Gasteiger partial charge in [-0.3, -0.25) is 13.9 Å². The molecule has 2 aromatic carbocycles. The number of benzene rings is 2. The fraction of sp³-hybridized carbons (Fsp3) is 0.462. The molecule has 0 saturated carbocycles. The molecule has 2 amide bonds. The molecule has 0 aliphatic rings. The summed E-state index contributed by atoms with van der Waals surface area (Å²) in [7, 11) is -1.09. The van der Waals surface area contributed by atoms with Crippen LogP contribution in [0.2, 0.25) is 5.02 Å². The minimum absolute atomic E-state index is 0.0153. The molecule has 0 radical (unpaired) electrons. The van der Waals surface area contributed by atoms with Gasteiger partial charge in [0.2, 0.25) is 21.8 Å². The van der Waals surface area contributed by atoms with Crippen LogP contribution in [0.1, 0.15) is 39.7 Å². The molecule has 0 spiro atoms. The smallest absolute Gasteiger partial charge is 0.244 e. The Balaban J connectivity index is 2.56. The van der Waals surface area contributed by atoms with Gasteiger partial charge < -0.3 is 19.7 Å². The molecule has 0 saturated heterocycles. The molecular formula is C26H36ClN3O6S. The van der Waals surface area contributed by atoms with E-state index in [1.165, 1.54) is 25.2 Å². The second kappa shape index (κ2) is 12.5. The molecule has 0 fully saturated rings. The van der Waals surface area contributed by atoms with Gasteiger partial charge in [-0.2, -0.15) is 0 Å². The van der Waals surface area contributed by atoms with Crippen LogP contribution in [0.5, 0.6) is 11.5 Å². The Kier molecular flexibility index (Phi) is 10.2. The second-order valence-corrected chi connectivity index (χ2v) is 11.9. The van der Waals surface area contributed by atoms with E-state index >= 15 is 0 Å². The lowest BCUT2D eigenvalue weighted by Crippen LogP contribution is -2.55. The van der Waals surface area contributed by atoms with Crippen LogP contribution in [0.4, 0.5) is 5.69 Å². The summed E-state index contributed by atoms with van der Waals surface area (Å²) < 4.78 is 37.4. The predicted octanol–water partition coefficient (Wildman–Crippen LogP) is 3.85. The predicted molar refractivity (Wildman–Crippen MR) is 146 cm³/mol. The highest BCUT2D eigenvalue weighted by molar-refractivity contribution is 7.92. The van der Waals surface area contributed by atoms with Crippen LogP contribution in [-0.2, 0) is 26.2 Å². The number of carbonyl (C=O) groups excluding carboxylic acids is 2. The van der Waals surface area contributed by atoms with Crippen LogP contribution in [-0.4, -0.2) is 63.7 Å². The Bertz CT molecular complexity index is 1210. The van der Waals surface area contributed by atoms with E-state index in [9.17, 15) is 18.0 Å². The molecule has 9 nitrogen and oxygen atoms in total. The number of sulfonamides is 1. The molecule has 0 unspecified atom stereocenters. The maximum absolute atomic E-state index is 13.8. The van der Waals surface area contributed by atoms with Crippen molar-refractivity contribution in [3.63, 3.8) is 0 Å². The van der Waals surface area contributed by atoms with Crippen molar-refractivity contribution in [3.05, 3.63) is 53.1 Å². The molecule has 204 valence electrons. The number of rotatable bonds is 11. The molecule has 1 atom stereocenters. The first-order valence-corrected chi connectivity index (χ1v) is 14.0. The van der Waals surface area contributed by atoms with E-state index in [1.54, 1.807) is 43.3 Å². The summed E-state index contributed by atoms with van der Waals surface area (Å²) in [5.41, 5.74) is 0.239. The summed E-state index contributed by atoms with van der Waals surface area (Å²) in [5, 5.41) is 3.35. The molecule has 0 aliphatic carbocycles. The molecule has 1 N–H and O–H groups in total. The van der Waals surface area contributed by atoms with Gasteiger partial charge in [-0.1, -0.05) is 36.7 Å². The molecule has 11 heteroatoms. The lowest BCUT2D eigenvalue weighted by Gasteiger charge is -2.34. The van der Waals surface area contributed by atoms with Crippen LogP contribution in [0, 0.1) is 0 Å². The number of methoxy groups -OCH3 is 2. The maximum atomic E-state index is 13.8. The summed E-state index contributed by atoms with van der Waals surface area (Å²) in [5.74, 6) is -0.290. The Morgan fingerprint density at radius 3 is 2.24 bits per heavy atom. The lowest BCUT2D eigenvalue weighted by atomic mass is 10.1. The van der Waals surface area contributed by atoms with Crippen molar-refractivity contribution >= 4 is 39.1 Å². The van der Waals surface area contributed by atoms with Gasteiger partial charge in [0.05, 0.1) is 26.2 Å². The van der Waals surface area contributed by atoms with Gasteiger partial charge in [0.15, 0.2) is 0 Å². The van der Waals surface area contributed by atoms with Gasteiger partial charge in [-0.25, -0.2) is 8.42 Å². The summed E-state index contributed by atoms with van der Waals surface area (Å²) in [6.07, 6.45) is 1.31. The van der Waals surface area contributed by atoms with Crippen LogP contribution >= 0.6 is 11.6 Å². The number of carbonyl (C=O) groups is 2. The Morgan fingerprint density at radius 1 is 1.08 bits per heavy atom. The SMILES string of the molecule is CC[C@@H](C(=O)NC(C)(C)C)N(Cc1ccccc1Cl)C(=O)CN(c1cc(OC)ccc1OC)S(C)(=O)=O. The summed E-state index contributed by atoms with van der Waals surface area (Å²) in [4.78, 5) is 28.4.